The van der Waals surface area contributed by atoms with E-state index in [1.54, 1.807) is 0 Å². The predicted octanol–water partition coefficient (Wildman–Crippen LogP) is 3.67. The monoisotopic (exact) mass is 246 g/mol. The molecule has 2 heteroatoms. The number of nitrogens with zero attached hydrogens (tertiary/aromatic N) is 2. The normalized spacial score (nSPS) is 19.9. The molecule has 2 aromatic rings. The van der Waals surface area contributed by atoms with E-state index >= 15 is 0 Å². The minimum Gasteiger partial charge on any atom is -0.324 e. The van der Waals surface area contributed by atoms with Crippen LogP contribution in [-0.2, 0) is 0 Å². The highest BCUT2D eigenvalue weighted by molar-refractivity contribution is 6.13. The van der Waals surface area contributed by atoms with Crippen LogP contribution in [-0.4, -0.2) is 12.4 Å². The second kappa shape index (κ2) is 4.09. The zero-order chi connectivity index (χ0) is 12.7. The molecule has 0 saturated heterocycles. The van der Waals surface area contributed by atoms with Crippen molar-refractivity contribution in [2.45, 2.75) is 6.04 Å². The molecule has 1 atom stereocenters. The van der Waals surface area contributed by atoms with Crippen LogP contribution >= 0.6 is 0 Å². The topological polar surface area (TPSA) is 15.6 Å². The average Bonchev–Trinajstić information content (AvgIpc) is 2.93. The number of rotatable bonds is 1. The predicted molar refractivity (Wildman–Crippen MR) is 79.4 cm³/mol. The molecule has 2 heterocycles. The lowest BCUT2D eigenvalue weighted by atomic mass is 10.1. The molecule has 0 bridgehead atoms. The lowest BCUT2D eigenvalue weighted by Crippen LogP contribution is -2.28. The second-order valence-electron chi connectivity index (χ2n) is 4.92. The van der Waals surface area contributed by atoms with E-state index in [0.29, 0.717) is 0 Å². The van der Waals surface area contributed by atoms with Crippen LogP contribution < -0.4 is 4.90 Å². The van der Waals surface area contributed by atoms with Gasteiger partial charge in [-0.3, -0.25) is 4.99 Å². The van der Waals surface area contributed by atoms with Crippen LogP contribution in [0.1, 0.15) is 17.2 Å². The fourth-order valence-electron chi connectivity index (χ4n) is 2.79. The Kier molecular flexibility index (Phi) is 2.27. The zero-order valence-electron chi connectivity index (χ0n) is 10.5. The van der Waals surface area contributed by atoms with Gasteiger partial charge in [0.2, 0.25) is 0 Å². The van der Waals surface area contributed by atoms with Crippen LogP contribution in [0.25, 0.3) is 6.08 Å². The zero-order valence-corrected chi connectivity index (χ0v) is 10.5. The molecule has 0 aliphatic carbocycles. The van der Waals surface area contributed by atoms with Gasteiger partial charge < -0.3 is 4.90 Å². The van der Waals surface area contributed by atoms with Gasteiger partial charge in [-0.2, -0.15) is 0 Å². The highest BCUT2D eigenvalue weighted by atomic mass is 15.3. The number of anilines is 1. The van der Waals surface area contributed by atoms with Gasteiger partial charge in [0.15, 0.2) is 0 Å². The Morgan fingerprint density at radius 2 is 1.68 bits per heavy atom. The molecule has 0 spiro atoms. The summed E-state index contributed by atoms with van der Waals surface area (Å²) in [5.74, 6) is 1.08. The van der Waals surface area contributed by atoms with Crippen molar-refractivity contribution in [1.29, 1.82) is 0 Å². The highest BCUT2D eigenvalue weighted by Gasteiger charge is 2.28. The van der Waals surface area contributed by atoms with Crippen LogP contribution in [0.3, 0.4) is 0 Å². The van der Waals surface area contributed by atoms with Crippen molar-refractivity contribution in [3.8, 4) is 0 Å². The summed E-state index contributed by atoms with van der Waals surface area (Å²) in [5, 5.41) is 0. The molecule has 0 unspecified atom stereocenters. The van der Waals surface area contributed by atoms with Gasteiger partial charge in [-0.15, -0.1) is 0 Å². The van der Waals surface area contributed by atoms with Crippen LogP contribution in [0.2, 0.25) is 0 Å². The molecule has 2 aliphatic rings. The van der Waals surface area contributed by atoms with Gasteiger partial charge in [0, 0.05) is 5.69 Å². The molecule has 92 valence electrons. The van der Waals surface area contributed by atoms with E-state index in [1.807, 2.05) is 6.07 Å². The lowest BCUT2D eigenvalue weighted by Gasteiger charge is -2.24. The lowest BCUT2D eigenvalue weighted by molar-refractivity contribution is 0.780. The van der Waals surface area contributed by atoms with Crippen LogP contribution in [0, 0.1) is 0 Å². The smallest absolute Gasteiger partial charge is 0.128 e. The van der Waals surface area contributed by atoms with Crippen molar-refractivity contribution in [2.75, 3.05) is 11.4 Å². The molecule has 0 amide bonds. The maximum atomic E-state index is 4.83. The fourth-order valence-corrected chi connectivity index (χ4v) is 2.79. The first kappa shape index (κ1) is 10.6. The van der Waals surface area contributed by atoms with Crippen molar-refractivity contribution >= 4 is 17.6 Å². The third kappa shape index (κ3) is 1.68. The Balaban J connectivity index is 1.73. The molecular weight excluding hydrogens is 232 g/mol. The van der Waals surface area contributed by atoms with E-state index in [4.69, 9.17) is 4.99 Å². The summed E-state index contributed by atoms with van der Waals surface area (Å²) in [6.45, 7) is 0.931. The summed E-state index contributed by atoms with van der Waals surface area (Å²) in [6, 6.07) is 19.3. The molecule has 0 N–H and O–H groups in total. The molecule has 2 aromatic carbocycles. The average molecular weight is 246 g/mol. The maximum absolute atomic E-state index is 4.83. The molecule has 0 aromatic heterocycles. The number of para-hydroxylation sites is 1. The largest absolute Gasteiger partial charge is 0.324 e. The first-order valence-electron chi connectivity index (χ1n) is 6.59. The summed E-state index contributed by atoms with van der Waals surface area (Å²) >= 11 is 0. The summed E-state index contributed by atoms with van der Waals surface area (Å²) in [5.41, 5.74) is 3.83. The first-order chi connectivity index (χ1) is 9.42. The minimum absolute atomic E-state index is 0.243. The Labute approximate surface area is 112 Å². The number of fused-ring (bicyclic) bond motifs is 3. The van der Waals surface area contributed by atoms with Gasteiger partial charge in [-0.05, 0) is 29.3 Å². The molecule has 2 aliphatic heterocycles. The van der Waals surface area contributed by atoms with Gasteiger partial charge >= 0.3 is 0 Å². The third-order valence-electron chi connectivity index (χ3n) is 3.74. The number of hydrogen-bond acceptors (Lipinski definition) is 2. The minimum atomic E-state index is 0.243. The standard InChI is InChI=1S/C17H14N2/c1-2-6-13(7-3-1)15-12-19-16-9-5-4-8-14(16)10-11-17(19)18-15/h1-11,15H,12H2/t15-/m0/s1. The van der Waals surface area contributed by atoms with E-state index in [-0.39, 0.29) is 6.04 Å². The van der Waals surface area contributed by atoms with E-state index in [9.17, 15) is 0 Å². The molecule has 0 fully saturated rings. The summed E-state index contributed by atoms with van der Waals surface area (Å²) < 4.78 is 0. The van der Waals surface area contributed by atoms with Crippen LogP contribution in [0.15, 0.2) is 65.7 Å². The summed E-state index contributed by atoms with van der Waals surface area (Å²) in [6.07, 6.45) is 4.27. The Morgan fingerprint density at radius 1 is 0.895 bits per heavy atom. The molecule has 0 saturated carbocycles. The van der Waals surface area contributed by atoms with Gasteiger partial charge in [0.05, 0.1) is 12.6 Å². The molecular formula is C17H14N2. The van der Waals surface area contributed by atoms with Gasteiger partial charge in [0.1, 0.15) is 5.84 Å². The van der Waals surface area contributed by atoms with Gasteiger partial charge in [-0.1, -0.05) is 48.5 Å². The van der Waals surface area contributed by atoms with Gasteiger partial charge in [0.25, 0.3) is 0 Å². The first-order valence-corrected chi connectivity index (χ1v) is 6.59. The molecule has 0 radical (unpaired) electrons. The Bertz CT molecular complexity index is 671. The van der Waals surface area contributed by atoms with E-state index in [0.717, 1.165) is 12.4 Å². The number of amidine groups is 1. The molecule has 2 nitrogen and oxygen atoms in total. The van der Waals surface area contributed by atoms with Crippen molar-refractivity contribution < 1.29 is 0 Å². The number of aliphatic imine (C=N–C) groups is 1. The molecule has 19 heavy (non-hydrogen) atoms. The number of benzene rings is 2. The third-order valence-corrected chi connectivity index (χ3v) is 3.74. The quantitative estimate of drug-likeness (QED) is 0.749. The van der Waals surface area contributed by atoms with E-state index < -0.39 is 0 Å². The van der Waals surface area contributed by atoms with E-state index in [1.165, 1.54) is 16.8 Å². The van der Waals surface area contributed by atoms with Crippen LogP contribution in [0.5, 0.6) is 0 Å². The van der Waals surface area contributed by atoms with Crippen molar-refractivity contribution in [2.24, 2.45) is 4.99 Å². The number of hydrogen-bond donors (Lipinski definition) is 0. The Morgan fingerprint density at radius 3 is 2.58 bits per heavy atom. The van der Waals surface area contributed by atoms with Gasteiger partial charge in [-0.25, -0.2) is 0 Å². The SMILES string of the molecule is C1=Cc2ccccc2N2C[C@@H](c3ccccc3)N=C12. The summed E-state index contributed by atoms with van der Waals surface area (Å²) in [7, 11) is 0. The van der Waals surface area contributed by atoms with Crippen molar-refractivity contribution in [3.63, 3.8) is 0 Å². The van der Waals surface area contributed by atoms with Crippen molar-refractivity contribution in [3.05, 3.63) is 71.8 Å². The van der Waals surface area contributed by atoms with Crippen molar-refractivity contribution in [1.82, 2.24) is 0 Å². The Hall–Kier alpha value is -2.35. The maximum Gasteiger partial charge on any atom is 0.128 e. The van der Waals surface area contributed by atoms with E-state index in [2.05, 4.69) is 65.6 Å². The van der Waals surface area contributed by atoms with Crippen LogP contribution in [0.4, 0.5) is 5.69 Å². The fraction of sp³-hybridized carbons (Fsp3) is 0.118. The summed E-state index contributed by atoms with van der Waals surface area (Å²) in [4.78, 5) is 7.15. The highest BCUT2D eigenvalue weighted by Crippen LogP contribution is 2.34. The second-order valence-corrected chi connectivity index (χ2v) is 4.92. The molecule has 4 rings (SSSR count).